The molecule has 6 nitrogen and oxygen atoms in total. The predicted octanol–water partition coefficient (Wildman–Crippen LogP) is 2.70. The molecule has 2 aromatic carbocycles. The molecule has 2 amide bonds. The van der Waals surface area contributed by atoms with Crippen molar-refractivity contribution in [3.05, 3.63) is 60.7 Å². The molecular weight excluding hydrogens is 364 g/mol. The molecule has 1 aliphatic heterocycles. The normalized spacial score (nSPS) is 20.7. The lowest BCUT2D eigenvalue weighted by atomic mass is 9.89. The molecule has 0 unspecified atom stereocenters. The zero-order chi connectivity index (χ0) is 19.3. The van der Waals surface area contributed by atoms with Crippen LogP contribution in [0.5, 0.6) is 0 Å². The fraction of sp³-hybridized carbons (Fsp3) is 0.300. The number of carbonyl (C=O) groups excluding carboxylic acids is 2. The van der Waals surface area contributed by atoms with E-state index in [1.165, 1.54) is 0 Å². The van der Waals surface area contributed by atoms with Gasteiger partial charge in [-0.3, -0.25) is 9.59 Å². The standard InChI is InChI=1S/C20H22N2O4S/c23-19(21-17-7-3-1-4-8-17)11-15-13-27(25,26)14-16(15)12-20(24)22-18-9-5-2-6-10-18/h1-10,15-16H,11-14H2,(H,21,23)(H,22,24)/t15-,16-/m0/s1. The molecule has 0 bridgehead atoms. The van der Waals surface area contributed by atoms with E-state index in [2.05, 4.69) is 10.6 Å². The van der Waals surface area contributed by atoms with E-state index in [1.54, 1.807) is 24.3 Å². The largest absolute Gasteiger partial charge is 0.326 e. The lowest BCUT2D eigenvalue weighted by Crippen LogP contribution is -2.25. The van der Waals surface area contributed by atoms with Crippen LogP contribution in [-0.2, 0) is 19.4 Å². The summed E-state index contributed by atoms with van der Waals surface area (Å²) in [5, 5.41) is 5.55. The van der Waals surface area contributed by atoms with Crippen LogP contribution >= 0.6 is 0 Å². The van der Waals surface area contributed by atoms with E-state index in [0.717, 1.165) is 0 Å². The Morgan fingerprint density at radius 2 is 1.11 bits per heavy atom. The van der Waals surface area contributed by atoms with Crippen molar-refractivity contribution in [2.75, 3.05) is 22.1 Å². The Bertz CT molecular complexity index is 829. The van der Waals surface area contributed by atoms with Crippen LogP contribution in [0.1, 0.15) is 12.8 Å². The number of hydrogen-bond acceptors (Lipinski definition) is 4. The van der Waals surface area contributed by atoms with Gasteiger partial charge in [0, 0.05) is 24.2 Å². The third-order valence-corrected chi connectivity index (χ3v) is 6.48. The predicted molar refractivity (Wildman–Crippen MR) is 105 cm³/mol. The minimum Gasteiger partial charge on any atom is -0.326 e. The number of benzene rings is 2. The van der Waals surface area contributed by atoms with Gasteiger partial charge in [-0.2, -0.15) is 0 Å². The molecule has 2 aromatic rings. The van der Waals surface area contributed by atoms with Crippen LogP contribution < -0.4 is 10.6 Å². The highest BCUT2D eigenvalue weighted by atomic mass is 32.2. The van der Waals surface area contributed by atoms with Crippen molar-refractivity contribution in [2.45, 2.75) is 12.8 Å². The first-order chi connectivity index (χ1) is 12.9. The van der Waals surface area contributed by atoms with Gasteiger partial charge >= 0.3 is 0 Å². The van der Waals surface area contributed by atoms with Crippen molar-refractivity contribution in [1.29, 1.82) is 0 Å². The highest BCUT2D eigenvalue weighted by Crippen LogP contribution is 2.31. The second-order valence-corrected chi connectivity index (χ2v) is 8.99. The minimum absolute atomic E-state index is 0.0571. The zero-order valence-electron chi connectivity index (χ0n) is 14.8. The van der Waals surface area contributed by atoms with E-state index in [9.17, 15) is 18.0 Å². The molecule has 1 fully saturated rings. The van der Waals surface area contributed by atoms with E-state index in [-0.39, 0.29) is 48.0 Å². The molecule has 2 N–H and O–H groups in total. The molecular formula is C20H22N2O4S. The maximum Gasteiger partial charge on any atom is 0.224 e. The number of sulfone groups is 1. The number of anilines is 2. The molecule has 0 saturated carbocycles. The van der Waals surface area contributed by atoms with E-state index < -0.39 is 9.84 Å². The van der Waals surface area contributed by atoms with Crippen LogP contribution in [-0.4, -0.2) is 31.7 Å². The molecule has 3 rings (SSSR count). The number of para-hydroxylation sites is 2. The zero-order valence-corrected chi connectivity index (χ0v) is 15.6. The summed E-state index contributed by atoms with van der Waals surface area (Å²) in [7, 11) is -3.24. The Labute approximate surface area is 158 Å². The summed E-state index contributed by atoms with van der Waals surface area (Å²) in [4.78, 5) is 24.6. The quantitative estimate of drug-likeness (QED) is 0.798. The molecule has 1 saturated heterocycles. The molecule has 1 heterocycles. The third kappa shape index (κ3) is 5.65. The Kier molecular flexibility index (Phi) is 5.91. The van der Waals surface area contributed by atoms with Gasteiger partial charge in [-0.1, -0.05) is 36.4 Å². The van der Waals surface area contributed by atoms with Crippen LogP contribution in [0.2, 0.25) is 0 Å². The fourth-order valence-electron chi connectivity index (χ4n) is 3.39. The van der Waals surface area contributed by atoms with Gasteiger partial charge in [-0.15, -0.1) is 0 Å². The topological polar surface area (TPSA) is 92.3 Å². The Morgan fingerprint density at radius 1 is 0.741 bits per heavy atom. The van der Waals surface area contributed by atoms with Crippen LogP contribution in [0, 0.1) is 11.8 Å². The Balaban J connectivity index is 1.60. The summed E-state index contributed by atoms with van der Waals surface area (Å²) in [6.07, 6.45) is 0.162. The molecule has 142 valence electrons. The van der Waals surface area contributed by atoms with Crippen LogP contribution in [0.3, 0.4) is 0 Å². The van der Waals surface area contributed by atoms with Gasteiger partial charge in [0.15, 0.2) is 9.84 Å². The molecule has 27 heavy (non-hydrogen) atoms. The molecule has 0 aromatic heterocycles. The summed E-state index contributed by atoms with van der Waals surface area (Å²) >= 11 is 0. The van der Waals surface area contributed by atoms with Gasteiger partial charge in [0.2, 0.25) is 11.8 Å². The van der Waals surface area contributed by atoms with Crippen LogP contribution in [0.25, 0.3) is 0 Å². The first-order valence-electron chi connectivity index (χ1n) is 8.81. The first kappa shape index (κ1) is 19.1. The van der Waals surface area contributed by atoms with E-state index in [0.29, 0.717) is 11.4 Å². The van der Waals surface area contributed by atoms with Crippen molar-refractivity contribution >= 4 is 33.0 Å². The van der Waals surface area contributed by atoms with E-state index >= 15 is 0 Å². The summed E-state index contributed by atoms with van der Waals surface area (Å²) in [5.41, 5.74) is 1.34. The Hall–Kier alpha value is -2.67. The number of hydrogen-bond donors (Lipinski definition) is 2. The van der Waals surface area contributed by atoms with Crippen molar-refractivity contribution in [1.82, 2.24) is 0 Å². The van der Waals surface area contributed by atoms with Crippen molar-refractivity contribution < 1.29 is 18.0 Å². The van der Waals surface area contributed by atoms with Gasteiger partial charge in [0.05, 0.1) is 11.5 Å². The molecule has 0 radical (unpaired) electrons. The molecule has 1 aliphatic rings. The average molecular weight is 386 g/mol. The van der Waals surface area contributed by atoms with Crippen LogP contribution in [0.4, 0.5) is 11.4 Å². The van der Waals surface area contributed by atoms with Gasteiger partial charge < -0.3 is 10.6 Å². The summed E-state index contributed by atoms with van der Waals surface area (Å²) in [6, 6.07) is 18.0. The summed E-state index contributed by atoms with van der Waals surface area (Å²) < 4.78 is 24.1. The molecule has 0 spiro atoms. The number of rotatable bonds is 6. The minimum atomic E-state index is -3.24. The maximum absolute atomic E-state index is 12.3. The van der Waals surface area contributed by atoms with Crippen molar-refractivity contribution in [3.63, 3.8) is 0 Å². The lowest BCUT2D eigenvalue weighted by Gasteiger charge is -2.17. The first-order valence-corrected chi connectivity index (χ1v) is 10.6. The highest BCUT2D eigenvalue weighted by Gasteiger charge is 2.39. The van der Waals surface area contributed by atoms with Crippen molar-refractivity contribution in [3.8, 4) is 0 Å². The maximum atomic E-state index is 12.3. The van der Waals surface area contributed by atoms with Gasteiger partial charge in [-0.25, -0.2) is 8.42 Å². The van der Waals surface area contributed by atoms with Gasteiger partial charge in [-0.05, 0) is 36.1 Å². The fourth-order valence-corrected chi connectivity index (χ4v) is 5.61. The smallest absolute Gasteiger partial charge is 0.224 e. The molecule has 7 heteroatoms. The van der Waals surface area contributed by atoms with Crippen LogP contribution in [0.15, 0.2) is 60.7 Å². The summed E-state index contributed by atoms with van der Waals surface area (Å²) in [6.45, 7) is 0. The SMILES string of the molecule is O=C(C[C@H]1CS(=O)(=O)C[C@@H]1CC(=O)Nc1ccccc1)Nc1ccccc1. The number of amides is 2. The highest BCUT2D eigenvalue weighted by molar-refractivity contribution is 7.91. The number of nitrogens with one attached hydrogen (secondary N) is 2. The van der Waals surface area contributed by atoms with Gasteiger partial charge in [0.25, 0.3) is 0 Å². The van der Waals surface area contributed by atoms with Crippen molar-refractivity contribution in [2.24, 2.45) is 11.8 Å². The average Bonchev–Trinajstić information content (AvgIpc) is 2.89. The Morgan fingerprint density at radius 3 is 1.48 bits per heavy atom. The summed E-state index contributed by atoms with van der Waals surface area (Å²) in [5.74, 6) is -1.31. The number of carbonyl (C=O) groups is 2. The van der Waals surface area contributed by atoms with E-state index in [1.807, 2.05) is 36.4 Å². The second-order valence-electron chi connectivity index (χ2n) is 6.83. The molecule has 0 aliphatic carbocycles. The van der Waals surface area contributed by atoms with E-state index in [4.69, 9.17) is 0 Å². The second kappa shape index (κ2) is 8.35. The third-order valence-electron chi connectivity index (χ3n) is 4.61. The molecule has 2 atom stereocenters. The monoisotopic (exact) mass is 386 g/mol. The lowest BCUT2D eigenvalue weighted by molar-refractivity contribution is -0.119. The van der Waals surface area contributed by atoms with Gasteiger partial charge in [0.1, 0.15) is 0 Å².